The number of ether oxygens (including phenoxy) is 1. The molecule has 6 heterocycles. The number of aromatic nitrogens is 3. The van der Waals surface area contributed by atoms with Crippen molar-refractivity contribution in [1.82, 2.24) is 25.2 Å². The predicted octanol–water partition coefficient (Wildman–Crippen LogP) is 6.07. The molecule has 3 fully saturated rings. The lowest BCUT2D eigenvalue weighted by Crippen LogP contribution is -2.60. The maximum Gasteiger partial charge on any atom is 0.319 e. The number of hydrogen-bond acceptors (Lipinski definition) is 8. The number of nitrogens with zero attached hydrogens (tertiary/aromatic N) is 5. The van der Waals surface area contributed by atoms with Crippen molar-refractivity contribution in [2.45, 2.75) is 69.1 Å². The van der Waals surface area contributed by atoms with E-state index in [0.717, 1.165) is 38.8 Å². The summed E-state index contributed by atoms with van der Waals surface area (Å²) in [6, 6.07) is 5.11. The fourth-order valence-corrected chi connectivity index (χ4v) is 8.20. The first-order chi connectivity index (χ1) is 21.7. The van der Waals surface area contributed by atoms with Crippen LogP contribution in [0.4, 0.5) is 29.1 Å². The molecule has 0 amide bonds. The SMILES string of the molecule is Nc1cc(-c2nc3c4c(nc(OCC56CCCN5CCC6)nc4c2F)N2CC(F)NC(F)C2CCC3)c2c(Cl)c(F)ccc2c1. The maximum absolute atomic E-state index is 16.9. The molecule has 0 saturated carbocycles. The number of alkyl halides is 2. The lowest BCUT2D eigenvalue weighted by molar-refractivity contribution is 0.102. The molecule has 3 N–H and O–H groups in total. The van der Waals surface area contributed by atoms with Crippen molar-refractivity contribution in [2.75, 3.05) is 36.9 Å². The number of fused-ring (bicyclic) bond motifs is 4. The predicted molar refractivity (Wildman–Crippen MR) is 165 cm³/mol. The van der Waals surface area contributed by atoms with E-state index < -0.39 is 30.3 Å². The molecular formula is C32H32ClF4N7O. The number of benzene rings is 2. The third-order valence-corrected chi connectivity index (χ3v) is 10.4. The standard InChI is InChI=1S/C32H32ClF4N7O/c33-25-19(34)7-6-16-12-17(38)13-18(23(16)25)27-26(36)28-24-20(39-27)4-1-5-21-29(37)40-22(35)14-44(21)30(24)42-31(41-28)45-15-32-8-2-10-43(32)11-3-9-32/h6-7,12-13,21-22,29,40H,1-5,8-11,14-15,38H2. The Morgan fingerprint density at radius 2 is 1.84 bits per heavy atom. The molecule has 13 heteroatoms. The molecule has 0 bridgehead atoms. The Balaban J connectivity index is 1.35. The lowest BCUT2D eigenvalue weighted by atomic mass is 9.95. The molecule has 4 aliphatic heterocycles. The monoisotopic (exact) mass is 641 g/mol. The van der Waals surface area contributed by atoms with Gasteiger partial charge in [-0.15, -0.1) is 0 Å². The van der Waals surface area contributed by atoms with Crippen LogP contribution in [0.25, 0.3) is 32.9 Å². The molecule has 236 valence electrons. The van der Waals surface area contributed by atoms with Crippen LogP contribution in [-0.4, -0.2) is 70.3 Å². The second kappa shape index (κ2) is 10.8. The summed E-state index contributed by atoms with van der Waals surface area (Å²) in [5.41, 5.74) is 6.89. The molecule has 4 aliphatic rings. The van der Waals surface area contributed by atoms with Crippen LogP contribution in [0.3, 0.4) is 0 Å². The lowest BCUT2D eigenvalue weighted by Gasteiger charge is -2.42. The molecule has 0 spiro atoms. The number of nitrogen functional groups attached to an aromatic ring is 1. The van der Waals surface area contributed by atoms with Crippen molar-refractivity contribution in [3.8, 4) is 17.3 Å². The molecule has 3 atom stereocenters. The minimum atomic E-state index is -1.66. The zero-order valence-corrected chi connectivity index (χ0v) is 25.2. The van der Waals surface area contributed by atoms with Gasteiger partial charge < -0.3 is 15.4 Å². The van der Waals surface area contributed by atoms with E-state index in [2.05, 4.69) is 15.2 Å². The quantitative estimate of drug-likeness (QED) is 0.158. The normalized spacial score (nSPS) is 24.5. The van der Waals surface area contributed by atoms with Crippen LogP contribution >= 0.6 is 11.6 Å². The van der Waals surface area contributed by atoms with Gasteiger partial charge in [0.1, 0.15) is 29.5 Å². The highest BCUT2D eigenvalue weighted by Crippen LogP contribution is 2.43. The highest BCUT2D eigenvalue weighted by atomic mass is 35.5. The van der Waals surface area contributed by atoms with Crippen molar-refractivity contribution in [1.29, 1.82) is 0 Å². The highest BCUT2D eigenvalue weighted by molar-refractivity contribution is 6.37. The van der Waals surface area contributed by atoms with Gasteiger partial charge in [0, 0.05) is 16.6 Å². The van der Waals surface area contributed by atoms with Gasteiger partial charge in [-0.3, -0.25) is 10.2 Å². The molecule has 0 aliphatic carbocycles. The van der Waals surface area contributed by atoms with E-state index in [1.807, 2.05) is 0 Å². The topological polar surface area (TPSA) is 92.4 Å². The summed E-state index contributed by atoms with van der Waals surface area (Å²) in [5, 5.41) is 3.25. The number of piperazine rings is 1. The van der Waals surface area contributed by atoms with Crippen LogP contribution in [0, 0.1) is 11.6 Å². The fourth-order valence-electron chi connectivity index (χ4n) is 7.93. The first kappa shape index (κ1) is 29.0. The van der Waals surface area contributed by atoms with E-state index in [1.165, 1.54) is 18.2 Å². The highest BCUT2D eigenvalue weighted by Gasteiger charge is 2.45. The second-order valence-electron chi connectivity index (χ2n) is 12.7. The summed E-state index contributed by atoms with van der Waals surface area (Å²) in [7, 11) is 0. The van der Waals surface area contributed by atoms with Gasteiger partial charge in [-0.2, -0.15) is 9.97 Å². The van der Waals surface area contributed by atoms with Gasteiger partial charge >= 0.3 is 6.01 Å². The van der Waals surface area contributed by atoms with E-state index in [9.17, 15) is 8.78 Å². The molecule has 8 nitrogen and oxygen atoms in total. The molecule has 2 aromatic carbocycles. The van der Waals surface area contributed by atoms with Gasteiger partial charge in [0.15, 0.2) is 18.4 Å². The Hall–Kier alpha value is -3.48. The van der Waals surface area contributed by atoms with Crippen molar-refractivity contribution < 1.29 is 22.3 Å². The summed E-state index contributed by atoms with van der Waals surface area (Å²) in [4.78, 5) is 18.0. The van der Waals surface area contributed by atoms with E-state index >= 15 is 8.78 Å². The van der Waals surface area contributed by atoms with Crippen molar-refractivity contribution in [3.63, 3.8) is 0 Å². The Kier molecular flexibility index (Phi) is 6.95. The molecule has 4 aromatic rings. The first-order valence-electron chi connectivity index (χ1n) is 15.5. The van der Waals surface area contributed by atoms with E-state index in [-0.39, 0.29) is 56.5 Å². The van der Waals surface area contributed by atoms with Crippen molar-refractivity contribution in [2.24, 2.45) is 0 Å². The molecule has 0 radical (unpaired) electrons. The van der Waals surface area contributed by atoms with Crippen LogP contribution in [-0.2, 0) is 6.42 Å². The summed E-state index contributed by atoms with van der Waals surface area (Å²) in [6.07, 6.45) is 2.01. The van der Waals surface area contributed by atoms with Crippen LogP contribution in [0.15, 0.2) is 24.3 Å². The number of hydrogen-bond donors (Lipinski definition) is 2. The Morgan fingerprint density at radius 1 is 1.04 bits per heavy atom. The minimum Gasteiger partial charge on any atom is -0.461 e. The van der Waals surface area contributed by atoms with Gasteiger partial charge in [-0.25, -0.2) is 22.5 Å². The largest absolute Gasteiger partial charge is 0.461 e. The molecule has 45 heavy (non-hydrogen) atoms. The number of nitrogens with one attached hydrogen (secondary N) is 1. The van der Waals surface area contributed by atoms with Gasteiger partial charge in [0.05, 0.1) is 34.2 Å². The van der Waals surface area contributed by atoms with Gasteiger partial charge in [0.25, 0.3) is 0 Å². The Bertz CT molecular complexity index is 1830. The first-order valence-corrected chi connectivity index (χ1v) is 15.9. The maximum atomic E-state index is 16.9. The van der Waals surface area contributed by atoms with Crippen LogP contribution in [0.1, 0.15) is 44.2 Å². The van der Waals surface area contributed by atoms with Crippen LogP contribution < -0.4 is 20.7 Å². The summed E-state index contributed by atoms with van der Waals surface area (Å²) < 4.78 is 67.9. The zero-order valence-electron chi connectivity index (χ0n) is 24.4. The third kappa shape index (κ3) is 4.67. The van der Waals surface area contributed by atoms with Crippen LogP contribution in [0.5, 0.6) is 6.01 Å². The van der Waals surface area contributed by atoms with Gasteiger partial charge in [0.2, 0.25) is 0 Å². The average Bonchev–Trinajstić information content (AvgIpc) is 3.59. The zero-order chi connectivity index (χ0) is 31.0. The summed E-state index contributed by atoms with van der Waals surface area (Å²) in [6.45, 7) is 2.12. The number of nitrogens with two attached hydrogens (primary N) is 1. The summed E-state index contributed by atoms with van der Waals surface area (Å²) >= 11 is 6.44. The number of rotatable bonds is 4. The smallest absolute Gasteiger partial charge is 0.319 e. The Morgan fingerprint density at radius 3 is 2.64 bits per heavy atom. The molecular weight excluding hydrogens is 610 g/mol. The van der Waals surface area contributed by atoms with Gasteiger partial charge in [-0.1, -0.05) is 17.7 Å². The Labute approximate surface area is 261 Å². The average molecular weight is 642 g/mol. The fraction of sp³-hybridized carbons (Fsp3) is 0.469. The third-order valence-electron chi connectivity index (χ3n) is 10.0. The number of pyridine rings is 1. The minimum absolute atomic E-state index is 0.0715. The number of anilines is 2. The molecule has 8 rings (SSSR count). The van der Waals surface area contributed by atoms with Crippen molar-refractivity contribution in [3.05, 3.63) is 46.6 Å². The van der Waals surface area contributed by atoms with Gasteiger partial charge in [-0.05, 0) is 81.6 Å². The number of aryl methyl sites for hydroxylation is 1. The van der Waals surface area contributed by atoms with E-state index in [4.69, 9.17) is 32.0 Å². The molecule has 3 unspecified atom stereocenters. The van der Waals surface area contributed by atoms with Crippen molar-refractivity contribution >= 4 is 44.8 Å². The van der Waals surface area contributed by atoms with E-state index in [0.29, 0.717) is 42.6 Å². The van der Waals surface area contributed by atoms with E-state index in [1.54, 1.807) is 11.0 Å². The molecule has 3 saturated heterocycles. The summed E-state index contributed by atoms with van der Waals surface area (Å²) in [5.74, 6) is -1.28. The van der Waals surface area contributed by atoms with Crippen LogP contribution in [0.2, 0.25) is 5.02 Å². The number of halogens is 5. The molecule has 2 aromatic heterocycles. The second-order valence-corrected chi connectivity index (χ2v) is 13.0.